The molecule has 24 heavy (non-hydrogen) atoms. The minimum Gasteiger partial charge on any atom is -0.378 e. The molecular formula is C18H30N2O4. The molecule has 0 aromatic carbocycles. The predicted molar refractivity (Wildman–Crippen MR) is 91.6 cm³/mol. The number of hydrogen-bond acceptors (Lipinski definition) is 5. The van der Waals surface area contributed by atoms with Gasteiger partial charge in [0.2, 0.25) is 6.35 Å². The lowest BCUT2D eigenvalue weighted by Gasteiger charge is -2.42. The van der Waals surface area contributed by atoms with E-state index in [1.807, 2.05) is 26.0 Å². The molecule has 6 heteroatoms. The third-order valence-corrected chi connectivity index (χ3v) is 3.88. The largest absolute Gasteiger partial charge is 0.378 e. The molecule has 0 saturated carbocycles. The molecule has 1 amide bonds. The first kappa shape index (κ1) is 19.0. The molecule has 0 spiro atoms. The van der Waals surface area contributed by atoms with Gasteiger partial charge < -0.3 is 19.5 Å². The lowest BCUT2D eigenvalue weighted by atomic mass is 10.1. The number of nitrogens with zero attached hydrogens (tertiary/aromatic N) is 2. The van der Waals surface area contributed by atoms with Crippen LogP contribution in [-0.4, -0.2) is 59.3 Å². The molecule has 0 aromatic heterocycles. The fourth-order valence-corrected chi connectivity index (χ4v) is 2.79. The van der Waals surface area contributed by atoms with Gasteiger partial charge in [0.15, 0.2) is 6.23 Å². The van der Waals surface area contributed by atoms with E-state index in [9.17, 15) is 9.90 Å². The second kappa shape index (κ2) is 8.14. The minimum absolute atomic E-state index is 0.133. The Morgan fingerprint density at radius 3 is 2.58 bits per heavy atom. The summed E-state index contributed by atoms with van der Waals surface area (Å²) in [5, 5.41) is 10.6. The van der Waals surface area contributed by atoms with E-state index in [1.54, 1.807) is 18.0 Å². The average Bonchev–Trinajstić information content (AvgIpc) is 2.95. The Bertz CT molecular complexity index is 501. The molecule has 0 aromatic rings. The number of rotatable bonds is 7. The third-order valence-electron chi connectivity index (χ3n) is 3.88. The Hall–Kier alpha value is -1.37. The summed E-state index contributed by atoms with van der Waals surface area (Å²) in [5.74, 6) is 0.621. The van der Waals surface area contributed by atoms with Crippen LogP contribution in [0.25, 0.3) is 0 Å². The van der Waals surface area contributed by atoms with E-state index in [1.165, 1.54) is 4.90 Å². The van der Waals surface area contributed by atoms with Crippen molar-refractivity contribution in [1.29, 1.82) is 0 Å². The van der Waals surface area contributed by atoms with Crippen molar-refractivity contribution in [1.82, 2.24) is 9.80 Å². The zero-order chi connectivity index (χ0) is 17.9. The highest BCUT2D eigenvalue weighted by atomic mass is 16.6. The van der Waals surface area contributed by atoms with E-state index in [4.69, 9.17) is 9.47 Å². The van der Waals surface area contributed by atoms with Gasteiger partial charge in [0.05, 0.1) is 6.61 Å². The summed E-state index contributed by atoms with van der Waals surface area (Å²) in [6.07, 6.45) is 3.98. The van der Waals surface area contributed by atoms with E-state index >= 15 is 0 Å². The Morgan fingerprint density at radius 1 is 1.25 bits per heavy atom. The summed E-state index contributed by atoms with van der Waals surface area (Å²) in [6.45, 7) is 11.7. The maximum atomic E-state index is 12.3. The van der Waals surface area contributed by atoms with Gasteiger partial charge in [-0.15, -0.1) is 0 Å². The maximum absolute atomic E-state index is 12.3. The Labute approximate surface area is 144 Å². The number of aliphatic hydroxyl groups excluding tert-OH is 1. The minimum atomic E-state index is -1.02. The van der Waals surface area contributed by atoms with Crippen LogP contribution in [0, 0.1) is 11.8 Å². The number of carbonyl (C=O) groups excluding carboxylic acids is 1. The highest BCUT2D eigenvalue weighted by Crippen LogP contribution is 2.25. The van der Waals surface area contributed by atoms with Crippen LogP contribution in [0.1, 0.15) is 34.6 Å². The monoisotopic (exact) mass is 338 g/mol. The first-order valence-corrected chi connectivity index (χ1v) is 8.66. The van der Waals surface area contributed by atoms with E-state index < -0.39 is 12.6 Å². The van der Waals surface area contributed by atoms with Gasteiger partial charge in [-0.2, -0.15) is 0 Å². The molecule has 6 nitrogen and oxygen atoms in total. The second-order valence-electron chi connectivity index (χ2n) is 7.34. The molecule has 2 aliphatic heterocycles. The highest BCUT2D eigenvalue weighted by molar-refractivity contribution is 5.93. The molecule has 2 rings (SSSR count). The summed E-state index contributed by atoms with van der Waals surface area (Å²) in [4.78, 5) is 15.5. The fraction of sp³-hybridized carbons (Fsp3) is 0.722. The van der Waals surface area contributed by atoms with Crippen molar-refractivity contribution in [3.63, 3.8) is 0 Å². The Kier molecular flexibility index (Phi) is 6.43. The van der Waals surface area contributed by atoms with E-state index in [0.29, 0.717) is 31.2 Å². The van der Waals surface area contributed by atoms with Gasteiger partial charge in [-0.3, -0.25) is 9.69 Å². The molecule has 2 heterocycles. The summed E-state index contributed by atoms with van der Waals surface area (Å²) < 4.78 is 11.6. The molecule has 2 aliphatic rings. The van der Waals surface area contributed by atoms with Crippen molar-refractivity contribution in [2.24, 2.45) is 11.8 Å². The maximum Gasteiger partial charge on any atom is 0.254 e. The molecule has 0 radical (unpaired) electrons. The predicted octanol–water partition coefficient (Wildman–Crippen LogP) is 1.92. The summed E-state index contributed by atoms with van der Waals surface area (Å²) >= 11 is 0. The zero-order valence-electron chi connectivity index (χ0n) is 15.3. The second-order valence-corrected chi connectivity index (χ2v) is 7.34. The quantitative estimate of drug-likeness (QED) is 0.719. The van der Waals surface area contributed by atoms with Crippen molar-refractivity contribution >= 4 is 5.91 Å². The lowest BCUT2D eigenvalue weighted by molar-refractivity contribution is -0.179. The van der Waals surface area contributed by atoms with E-state index in [0.717, 1.165) is 0 Å². The Morgan fingerprint density at radius 2 is 1.96 bits per heavy atom. The summed E-state index contributed by atoms with van der Waals surface area (Å²) in [5.41, 5.74) is 0.595. The van der Waals surface area contributed by atoms with Crippen LogP contribution in [0.5, 0.6) is 0 Å². The molecule has 1 unspecified atom stereocenters. The van der Waals surface area contributed by atoms with Crippen LogP contribution in [0.15, 0.2) is 23.9 Å². The molecule has 0 bridgehead atoms. The summed E-state index contributed by atoms with van der Waals surface area (Å²) in [7, 11) is 0. The van der Waals surface area contributed by atoms with Gasteiger partial charge in [0, 0.05) is 24.9 Å². The molecule has 0 fully saturated rings. The van der Waals surface area contributed by atoms with Gasteiger partial charge in [-0.1, -0.05) is 33.8 Å². The number of carbonyl (C=O) groups is 1. The zero-order valence-corrected chi connectivity index (χ0v) is 15.3. The van der Waals surface area contributed by atoms with Crippen molar-refractivity contribution in [3.05, 3.63) is 23.9 Å². The summed E-state index contributed by atoms with van der Waals surface area (Å²) in [6, 6.07) is 0. The normalized spacial score (nSPS) is 27.6. The van der Waals surface area contributed by atoms with Crippen LogP contribution in [-0.2, 0) is 14.3 Å². The molecular weight excluding hydrogens is 308 g/mol. The van der Waals surface area contributed by atoms with Crippen molar-refractivity contribution in [2.45, 2.75) is 53.3 Å². The van der Waals surface area contributed by atoms with E-state index in [-0.39, 0.29) is 17.9 Å². The lowest BCUT2D eigenvalue weighted by Crippen LogP contribution is -2.56. The van der Waals surface area contributed by atoms with Crippen molar-refractivity contribution in [3.8, 4) is 0 Å². The van der Waals surface area contributed by atoms with Crippen LogP contribution < -0.4 is 0 Å². The topological polar surface area (TPSA) is 62.2 Å². The first-order valence-electron chi connectivity index (χ1n) is 8.66. The molecule has 0 saturated heterocycles. The van der Waals surface area contributed by atoms with Gasteiger partial charge in [0.1, 0.15) is 6.10 Å². The van der Waals surface area contributed by atoms with Gasteiger partial charge >= 0.3 is 0 Å². The number of hydrogen-bond donors (Lipinski definition) is 1. The van der Waals surface area contributed by atoms with Gasteiger partial charge in [-0.05, 0) is 24.8 Å². The van der Waals surface area contributed by atoms with Crippen LogP contribution in [0.4, 0.5) is 0 Å². The Balaban J connectivity index is 1.99. The van der Waals surface area contributed by atoms with Crippen molar-refractivity contribution in [2.75, 3.05) is 19.8 Å². The number of aliphatic hydroxyl groups is 1. The number of amides is 1. The fourth-order valence-electron chi connectivity index (χ4n) is 2.79. The molecule has 0 aliphatic carbocycles. The third kappa shape index (κ3) is 4.59. The first-order chi connectivity index (χ1) is 11.3. The molecule has 3 atom stereocenters. The van der Waals surface area contributed by atoms with E-state index in [2.05, 4.69) is 13.8 Å². The highest BCUT2D eigenvalue weighted by Gasteiger charge is 2.37. The molecule has 136 valence electrons. The smallest absolute Gasteiger partial charge is 0.254 e. The number of ether oxygens (including phenoxy) is 2. The van der Waals surface area contributed by atoms with Crippen LogP contribution >= 0.6 is 0 Å². The SMILES string of the molecule is CC1=CN([C@H]2C=C[C@@H](COCC(C)C)O2)C(O)N(CC(C)C)C1=O. The molecule has 1 N–H and O–H groups in total. The van der Waals surface area contributed by atoms with Crippen LogP contribution in [0.2, 0.25) is 0 Å². The van der Waals surface area contributed by atoms with Gasteiger partial charge in [-0.25, -0.2) is 0 Å². The van der Waals surface area contributed by atoms with Crippen LogP contribution in [0.3, 0.4) is 0 Å². The average molecular weight is 338 g/mol. The standard InChI is InChI=1S/C18H30N2O4/c1-12(2)8-20-17(21)14(5)9-19(18(20)22)16-7-6-15(24-16)11-23-10-13(3)4/h6-7,9,12-13,15-16,18,22H,8,10-11H2,1-5H3/t15-,16+,18?/m0/s1. The van der Waals surface area contributed by atoms with Gasteiger partial charge in [0.25, 0.3) is 5.91 Å². The van der Waals surface area contributed by atoms with Crippen molar-refractivity contribution < 1.29 is 19.4 Å².